The van der Waals surface area contributed by atoms with E-state index < -0.39 is 0 Å². The van der Waals surface area contributed by atoms with Gasteiger partial charge in [0.15, 0.2) is 5.82 Å². The maximum atomic E-state index is 6.27. The molecule has 3 rings (SSSR count). The zero-order valence-electron chi connectivity index (χ0n) is 15.2. The highest BCUT2D eigenvalue weighted by Gasteiger charge is 2.11. The molecule has 0 amide bonds. The van der Waals surface area contributed by atoms with Crippen LogP contribution in [-0.2, 0) is 0 Å². The first-order valence-electron chi connectivity index (χ1n) is 8.74. The molecule has 2 aromatic carbocycles. The van der Waals surface area contributed by atoms with E-state index in [1.54, 1.807) is 17.0 Å². The fourth-order valence-electron chi connectivity index (χ4n) is 2.40. The zero-order valence-corrected chi connectivity index (χ0v) is 16.8. The minimum atomic E-state index is 0.398. The Labute approximate surface area is 168 Å². The van der Waals surface area contributed by atoms with Gasteiger partial charge in [0.1, 0.15) is 5.75 Å². The molecule has 1 N–H and O–H groups in total. The summed E-state index contributed by atoms with van der Waals surface area (Å²) in [4.78, 5) is 0. The van der Waals surface area contributed by atoms with Crippen molar-refractivity contribution < 1.29 is 4.74 Å². The molecule has 1 aromatic heterocycles. The molecule has 140 valence electrons. The third-order valence-corrected chi connectivity index (χ3v) is 4.53. The summed E-state index contributed by atoms with van der Waals surface area (Å²) in [5.74, 6) is 2.04. The smallest absolute Gasteiger partial charge is 0.216 e. The van der Waals surface area contributed by atoms with Crippen LogP contribution < -0.4 is 4.74 Å². The van der Waals surface area contributed by atoms with Crippen LogP contribution in [0.5, 0.6) is 5.75 Å². The van der Waals surface area contributed by atoms with Crippen LogP contribution >= 0.6 is 23.8 Å². The monoisotopic (exact) mass is 400 g/mol. The van der Waals surface area contributed by atoms with Crippen LogP contribution in [0.1, 0.15) is 25.8 Å². The van der Waals surface area contributed by atoms with E-state index in [0.717, 1.165) is 29.9 Å². The van der Waals surface area contributed by atoms with E-state index >= 15 is 0 Å². The number of rotatable bonds is 7. The Morgan fingerprint density at radius 3 is 2.67 bits per heavy atom. The Kier molecular flexibility index (Phi) is 6.42. The van der Waals surface area contributed by atoms with Crippen LogP contribution in [0.3, 0.4) is 0 Å². The molecule has 7 heteroatoms. The van der Waals surface area contributed by atoms with Gasteiger partial charge in [0.2, 0.25) is 4.77 Å². The lowest BCUT2D eigenvalue weighted by Gasteiger charge is -2.08. The number of aromatic nitrogens is 3. The zero-order chi connectivity index (χ0) is 19.2. The van der Waals surface area contributed by atoms with Gasteiger partial charge in [-0.2, -0.15) is 14.9 Å². The molecular weight excluding hydrogens is 380 g/mol. The highest BCUT2D eigenvalue weighted by atomic mass is 35.5. The molecule has 0 atom stereocenters. The number of hydrogen-bond donors (Lipinski definition) is 1. The van der Waals surface area contributed by atoms with E-state index in [0.29, 0.717) is 21.5 Å². The van der Waals surface area contributed by atoms with Gasteiger partial charge in [-0.15, -0.1) is 0 Å². The number of hydrogen-bond acceptors (Lipinski definition) is 4. The first kappa shape index (κ1) is 19.3. The normalized spacial score (nSPS) is 11.4. The van der Waals surface area contributed by atoms with Crippen molar-refractivity contribution in [2.45, 2.75) is 20.3 Å². The fraction of sp³-hybridized carbons (Fsp3) is 0.250. The fourth-order valence-corrected chi connectivity index (χ4v) is 2.80. The summed E-state index contributed by atoms with van der Waals surface area (Å²) in [5.41, 5.74) is 1.69. The van der Waals surface area contributed by atoms with E-state index in [-0.39, 0.29) is 0 Å². The third kappa shape index (κ3) is 5.05. The minimum Gasteiger partial charge on any atom is -0.494 e. The summed E-state index contributed by atoms with van der Waals surface area (Å²) in [6, 6.07) is 15.2. The topological polar surface area (TPSA) is 55.2 Å². The van der Waals surface area contributed by atoms with Crippen LogP contribution in [0.4, 0.5) is 0 Å². The van der Waals surface area contributed by atoms with Crippen LogP contribution in [0.15, 0.2) is 53.6 Å². The van der Waals surface area contributed by atoms with Crippen LogP contribution in [0, 0.1) is 10.7 Å². The molecule has 0 aliphatic rings. The predicted molar refractivity (Wildman–Crippen MR) is 112 cm³/mol. The number of aromatic amines is 1. The van der Waals surface area contributed by atoms with Crippen molar-refractivity contribution in [3.63, 3.8) is 0 Å². The van der Waals surface area contributed by atoms with E-state index in [1.165, 1.54) is 0 Å². The summed E-state index contributed by atoms with van der Waals surface area (Å²) in [6.45, 7) is 5.08. The van der Waals surface area contributed by atoms with Crippen molar-refractivity contribution in [2.75, 3.05) is 6.61 Å². The van der Waals surface area contributed by atoms with Crippen molar-refractivity contribution in [2.24, 2.45) is 11.0 Å². The highest BCUT2D eigenvalue weighted by molar-refractivity contribution is 7.71. The lowest BCUT2D eigenvalue weighted by molar-refractivity contribution is 0.289. The standard InChI is InChI=1S/C20H21ClN4OS/c1-14(2)11-12-26-16-9-7-15(8-10-16)13-22-25-19(23-24-20(25)27)17-5-3-4-6-18(17)21/h3-10,13-14H,11-12H2,1-2H3,(H,24,27). The van der Waals surface area contributed by atoms with Gasteiger partial charge in [0.25, 0.3) is 0 Å². The second kappa shape index (κ2) is 8.97. The van der Waals surface area contributed by atoms with Gasteiger partial charge in [-0.05, 0) is 66.5 Å². The predicted octanol–water partition coefficient (Wildman–Crippen LogP) is 5.57. The van der Waals surface area contributed by atoms with Crippen LogP contribution in [-0.4, -0.2) is 27.7 Å². The molecule has 0 aliphatic carbocycles. The van der Waals surface area contributed by atoms with Crippen molar-refractivity contribution in [1.82, 2.24) is 14.9 Å². The minimum absolute atomic E-state index is 0.398. The Bertz CT molecular complexity index is 976. The van der Waals surface area contributed by atoms with E-state index in [9.17, 15) is 0 Å². The van der Waals surface area contributed by atoms with E-state index in [1.807, 2.05) is 42.5 Å². The molecule has 0 fully saturated rings. The number of nitrogens with zero attached hydrogens (tertiary/aromatic N) is 3. The number of nitrogens with one attached hydrogen (secondary N) is 1. The molecule has 0 saturated carbocycles. The van der Waals surface area contributed by atoms with E-state index in [2.05, 4.69) is 29.1 Å². The van der Waals surface area contributed by atoms with Gasteiger partial charge in [0, 0.05) is 5.56 Å². The Morgan fingerprint density at radius 1 is 1.22 bits per heavy atom. The second-order valence-corrected chi connectivity index (χ2v) is 7.28. The highest BCUT2D eigenvalue weighted by Crippen LogP contribution is 2.25. The summed E-state index contributed by atoms with van der Waals surface area (Å²) in [6.07, 6.45) is 2.76. The Hall–Kier alpha value is -2.44. The summed E-state index contributed by atoms with van der Waals surface area (Å²) in [7, 11) is 0. The lowest BCUT2D eigenvalue weighted by Crippen LogP contribution is -2.01. The van der Waals surface area contributed by atoms with Crippen LogP contribution in [0.2, 0.25) is 5.02 Å². The van der Waals surface area contributed by atoms with Gasteiger partial charge in [-0.25, -0.2) is 5.10 Å². The maximum absolute atomic E-state index is 6.27. The van der Waals surface area contributed by atoms with E-state index in [4.69, 9.17) is 28.6 Å². The summed E-state index contributed by atoms with van der Waals surface area (Å²) in [5, 5.41) is 12.1. The van der Waals surface area contributed by atoms with Gasteiger partial charge in [-0.1, -0.05) is 37.6 Å². The SMILES string of the molecule is CC(C)CCOc1ccc(C=Nn2c(-c3ccccc3Cl)n[nH]c2=S)cc1. The van der Waals surface area contributed by atoms with Gasteiger partial charge < -0.3 is 4.74 Å². The quantitative estimate of drug-likeness (QED) is 0.416. The molecule has 0 saturated heterocycles. The van der Waals surface area contributed by atoms with Crippen molar-refractivity contribution in [3.8, 4) is 17.1 Å². The van der Waals surface area contributed by atoms with Crippen molar-refractivity contribution >= 4 is 30.0 Å². The molecule has 3 aromatic rings. The Morgan fingerprint density at radius 2 is 1.96 bits per heavy atom. The van der Waals surface area contributed by atoms with Gasteiger partial charge in [0.05, 0.1) is 17.8 Å². The number of halogens is 1. The van der Waals surface area contributed by atoms with Crippen molar-refractivity contribution in [1.29, 1.82) is 0 Å². The first-order valence-corrected chi connectivity index (χ1v) is 9.53. The first-order chi connectivity index (χ1) is 13.0. The maximum Gasteiger partial charge on any atom is 0.216 e. The molecule has 1 heterocycles. The molecule has 0 bridgehead atoms. The average molecular weight is 401 g/mol. The molecule has 0 unspecified atom stereocenters. The third-order valence-electron chi connectivity index (χ3n) is 3.93. The molecule has 0 aliphatic heterocycles. The Balaban J connectivity index is 1.76. The van der Waals surface area contributed by atoms with Crippen LogP contribution in [0.25, 0.3) is 11.4 Å². The average Bonchev–Trinajstić information content (AvgIpc) is 3.01. The molecular formula is C20H21ClN4OS. The van der Waals surface area contributed by atoms with Gasteiger partial charge >= 0.3 is 0 Å². The summed E-state index contributed by atoms with van der Waals surface area (Å²) >= 11 is 11.6. The largest absolute Gasteiger partial charge is 0.494 e. The number of ether oxygens (including phenoxy) is 1. The molecule has 27 heavy (non-hydrogen) atoms. The number of H-pyrrole nitrogens is 1. The number of benzene rings is 2. The second-order valence-electron chi connectivity index (χ2n) is 6.49. The van der Waals surface area contributed by atoms with Gasteiger partial charge in [-0.3, -0.25) is 0 Å². The van der Waals surface area contributed by atoms with Crippen molar-refractivity contribution in [3.05, 3.63) is 63.9 Å². The molecule has 5 nitrogen and oxygen atoms in total. The molecule has 0 spiro atoms. The lowest BCUT2D eigenvalue weighted by atomic mass is 10.1. The summed E-state index contributed by atoms with van der Waals surface area (Å²) < 4.78 is 7.69. The molecule has 0 radical (unpaired) electrons.